The third kappa shape index (κ3) is 5.18. The molecule has 0 atom stereocenters. The Morgan fingerprint density at radius 1 is 0.880 bits per heavy atom. The van der Waals surface area contributed by atoms with Gasteiger partial charge in [0.1, 0.15) is 6.54 Å². The number of aryl methyl sites for hydroxylation is 1. The summed E-state index contributed by atoms with van der Waals surface area (Å²) in [5.41, 5.74) is 3.05. The Kier molecular flexibility index (Phi) is 6.75. The minimum absolute atomic E-state index is 0.0545. The first kappa shape index (κ1) is 18.7. The van der Waals surface area contributed by atoms with Crippen LogP contribution in [0.4, 0.5) is 5.69 Å². The monoisotopic (exact) mass is 338 g/mol. The van der Waals surface area contributed by atoms with Gasteiger partial charge in [-0.1, -0.05) is 49.4 Å². The molecule has 2 aromatic rings. The molecule has 0 aliphatic heterocycles. The van der Waals surface area contributed by atoms with Crippen molar-refractivity contribution in [2.75, 3.05) is 18.0 Å². The van der Waals surface area contributed by atoms with Gasteiger partial charge in [-0.2, -0.15) is 0 Å². The Hall–Kier alpha value is -2.62. The van der Waals surface area contributed by atoms with Crippen LogP contribution in [0.2, 0.25) is 0 Å². The van der Waals surface area contributed by atoms with E-state index in [9.17, 15) is 9.59 Å². The molecule has 2 amide bonds. The first-order chi connectivity index (χ1) is 12.0. The number of likely N-dealkylation sites (N-methyl/N-ethyl adjacent to an activating group) is 1. The van der Waals surface area contributed by atoms with Gasteiger partial charge in [-0.3, -0.25) is 9.59 Å². The van der Waals surface area contributed by atoms with Crippen molar-refractivity contribution in [3.05, 3.63) is 65.7 Å². The van der Waals surface area contributed by atoms with Crippen LogP contribution in [0, 0.1) is 0 Å². The Morgan fingerprint density at radius 3 is 2.04 bits per heavy atom. The summed E-state index contributed by atoms with van der Waals surface area (Å²) in [6.07, 6.45) is 0.944. The van der Waals surface area contributed by atoms with Crippen LogP contribution in [0.3, 0.4) is 0 Å². The lowest BCUT2D eigenvalue weighted by Crippen LogP contribution is -2.42. The van der Waals surface area contributed by atoms with Crippen LogP contribution in [0.15, 0.2) is 54.6 Å². The van der Waals surface area contributed by atoms with Gasteiger partial charge < -0.3 is 9.80 Å². The normalized spacial score (nSPS) is 10.4. The van der Waals surface area contributed by atoms with Crippen LogP contribution in [0.5, 0.6) is 0 Å². The van der Waals surface area contributed by atoms with Crippen LogP contribution >= 0.6 is 0 Å². The van der Waals surface area contributed by atoms with Gasteiger partial charge in [-0.25, -0.2) is 0 Å². The van der Waals surface area contributed by atoms with Crippen molar-refractivity contribution >= 4 is 17.5 Å². The highest BCUT2D eigenvalue weighted by molar-refractivity contribution is 5.97. The first-order valence-corrected chi connectivity index (χ1v) is 8.73. The van der Waals surface area contributed by atoms with E-state index in [2.05, 4.69) is 6.92 Å². The van der Waals surface area contributed by atoms with Crippen LogP contribution < -0.4 is 4.90 Å². The molecule has 0 unspecified atom stereocenters. The molecule has 0 heterocycles. The Bertz CT molecular complexity index is 696. The zero-order valence-electron chi connectivity index (χ0n) is 15.2. The summed E-state index contributed by atoms with van der Waals surface area (Å²) in [6.45, 7) is 6.75. The lowest BCUT2D eigenvalue weighted by atomic mass is 10.1. The average molecular weight is 338 g/mol. The van der Waals surface area contributed by atoms with Crippen LogP contribution in [-0.2, 0) is 22.6 Å². The second kappa shape index (κ2) is 9.02. The van der Waals surface area contributed by atoms with Crippen LogP contribution in [0.1, 0.15) is 31.9 Å². The summed E-state index contributed by atoms with van der Waals surface area (Å²) in [6, 6.07) is 17.7. The lowest BCUT2D eigenvalue weighted by Gasteiger charge is -2.26. The quantitative estimate of drug-likeness (QED) is 0.773. The minimum atomic E-state index is -0.131. The van der Waals surface area contributed by atoms with E-state index in [1.54, 1.807) is 4.90 Å². The molecule has 0 bridgehead atoms. The molecule has 0 spiro atoms. The van der Waals surface area contributed by atoms with Gasteiger partial charge in [0, 0.05) is 25.7 Å². The highest BCUT2D eigenvalue weighted by atomic mass is 16.2. The van der Waals surface area contributed by atoms with Crippen molar-refractivity contribution in [3.8, 4) is 0 Å². The van der Waals surface area contributed by atoms with E-state index >= 15 is 0 Å². The van der Waals surface area contributed by atoms with Gasteiger partial charge in [0.15, 0.2) is 0 Å². The van der Waals surface area contributed by atoms with Crippen molar-refractivity contribution in [2.24, 2.45) is 0 Å². The maximum absolute atomic E-state index is 12.7. The van der Waals surface area contributed by atoms with E-state index in [1.807, 2.05) is 61.5 Å². The van der Waals surface area contributed by atoms with Crippen molar-refractivity contribution in [1.82, 2.24) is 4.90 Å². The van der Waals surface area contributed by atoms with E-state index in [1.165, 1.54) is 17.4 Å². The SMILES string of the molecule is CCc1ccc(N(CC(=O)N(CC)Cc2ccccc2)C(C)=O)cc1. The van der Waals surface area contributed by atoms with E-state index in [-0.39, 0.29) is 18.4 Å². The van der Waals surface area contributed by atoms with Gasteiger partial charge in [-0.15, -0.1) is 0 Å². The molecule has 0 saturated carbocycles. The highest BCUT2D eigenvalue weighted by Crippen LogP contribution is 2.17. The Balaban J connectivity index is 2.11. The lowest BCUT2D eigenvalue weighted by molar-refractivity contribution is -0.131. The summed E-state index contributed by atoms with van der Waals surface area (Å²) in [5, 5.41) is 0. The number of nitrogens with zero attached hydrogens (tertiary/aromatic N) is 2. The first-order valence-electron chi connectivity index (χ1n) is 8.73. The van der Waals surface area contributed by atoms with Gasteiger partial charge in [0.25, 0.3) is 0 Å². The van der Waals surface area contributed by atoms with Crippen molar-refractivity contribution < 1.29 is 9.59 Å². The molecule has 4 heteroatoms. The molecule has 0 radical (unpaired) electrons. The maximum Gasteiger partial charge on any atom is 0.242 e. The molecular weight excluding hydrogens is 312 g/mol. The van der Waals surface area contributed by atoms with Crippen LogP contribution in [-0.4, -0.2) is 29.8 Å². The van der Waals surface area contributed by atoms with Crippen molar-refractivity contribution in [3.63, 3.8) is 0 Å². The fourth-order valence-corrected chi connectivity index (χ4v) is 2.71. The second-order valence-electron chi connectivity index (χ2n) is 6.02. The number of hydrogen-bond donors (Lipinski definition) is 0. The van der Waals surface area contributed by atoms with E-state index in [0.29, 0.717) is 13.1 Å². The number of carbonyl (C=O) groups excluding carboxylic acids is 2. The van der Waals surface area contributed by atoms with Crippen molar-refractivity contribution in [1.29, 1.82) is 0 Å². The maximum atomic E-state index is 12.7. The smallest absolute Gasteiger partial charge is 0.242 e. The number of rotatable bonds is 7. The highest BCUT2D eigenvalue weighted by Gasteiger charge is 2.19. The standard InChI is InChI=1S/C21H26N2O2/c1-4-18-11-13-20(14-12-18)23(17(3)24)16-21(25)22(5-2)15-19-9-7-6-8-10-19/h6-14H,4-5,15-16H2,1-3H3. The Morgan fingerprint density at radius 2 is 1.52 bits per heavy atom. The zero-order chi connectivity index (χ0) is 18.2. The summed E-state index contributed by atoms with van der Waals surface area (Å²) in [4.78, 5) is 28.1. The number of hydrogen-bond acceptors (Lipinski definition) is 2. The summed E-state index contributed by atoms with van der Waals surface area (Å²) < 4.78 is 0. The molecule has 25 heavy (non-hydrogen) atoms. The summed E-state index contributed by atoms with van der Waals surface area (Å²) in [7, 11) is 0. The molecule has 0 aromatic heterocycles. The van der Waals surface area contributed by atoms with Gasteiger partial charge in [0.2, 0.25) is 11.8 Å². The van der Waals surface area contributed by atoms with Gasteiger partial charge in [-0.05, 0) is 36.6 Å². The molecule has 4 nitrogen and oxygen atoms in total. The molecule has 2 aromatic carbocycles. The van der Waals surface area contributed by atoms with Crippen LogP contribution in [0.25, 0.3) is 0 Å². The minimum Gasteiger partial charge on any atom is -0.337 e. The van der Waals surface area contributed by atoms with Gasteiger partial charge >= 0.3 is 0 Å². The third-order valence-corrected chi connectivity index (χ3v) is 4.28. The van der Waals surface area contributed by atoms with E-state index in [0.717, 1.165) is 17.7 Å². The largest absolute Gasteiger partial charge is 0.337 e. The molecule has 0 aliphatic carbocycles. The van der Waals surface area contributed by atoms with Crippen molar-refractivity contribution in [2.45, 2.75) is 33.7 Å². The molecule has 132 valence electrons. The number of carbonyl (C=O) groups is 2. The number of amides is 2. The van der Waals surface area contributed by atoms with E-state index < -0.39 is 0 Å². The zero-order valence-corrected chi connectivity index (χ0v) is 15.2. The molecule has 0 saturated heterocycles. The third-order valence-electron chi connectivity index (χ3n) is 4.28. The predicted molar refractivity (Wildman–Crippen MR) is 101 cm³/mol. The summed E-state index contributed by atoms with van der Waals surface area (Å²) in [5.74, 6) is -0.186. The average Bonchev–Trinajstić information content (AvgIpc) is 2.64. The fourth-order valence-electron chi connectivity index (χ4n) is 2.71. The molecule has 2 rings (SSSR count). The molecule has 0 N–H and O–H groups in total. The molecule has 0 aliphatic rings. The fraction of sp³-hybridized carbons (Fsp3) is 0.333. The van der Waals surface area contributed by atoms with E-state index in [4.69, 9.17) is 0 Å². The summed E-state index contributed by atoms with van der Waals surface area (Å²) >= 11 is 0. The molecule has 0 fully saturated rings. The number of anilines is 1. The second-order valence-corrected chi connectivity index (χ2v) is 6.02. The van der Waals surface area contributed by atoms with Gasteiger partial charge in [0.05, 0.1) is 0 Å². The topological polar surface area (TPSA) is 40.6 Å². The molecular formula is C21H26N2O2. The predicted octanol–water partition coefficient (Wildman–Crippen LogP) is 3.65. The Labute approximate surface area is 150 Å². The number of benzene rings is 2.